The van der Waals surface area contributed by atoms with Gasteiger partial charge in [0.2, 0.25) is 0 Å². The number of nitrogens with one attached hydrogen (secondary N) is 1. The SMILES string of the molecule is CCCOc1c(I)cc(/C=C(\C#N)C(=O)Nc2ccc(OCc3ccc(Br)cc3)cc2)cc1OCC. The van der Waals surface area contributed by atoms with Gasteiger partial charge in [-0.15, -0.1) is 0 Å². The van der Waals surface area contributed by atoms with E-state index in [2.05, 4.69) is 43.8 Å². The fraction of sp³-hybridized carbons (Fsp3) is 0.214. The summed E-state index contributed by atoms with van der Waals surface area (Å²) in [7, 11) is 0. The molecule has 0 saturated carbocycles. The maximum atomic E-state index is 12.8. The smallest absolute Gasteiger partial charge is 0.266 e. The molecule has 3 rings (SSSR count). The van der Waals surface area contributed by atoms with E-state index in [-0.39, 0.29) is 5.57 Å². The quantitative estimate of drug-likeness (QED) is 0.132. The lowest BCUT2D eigenvalue weighted by molar-refractivity contribution is -0.112. The van der Waals surface area contributed by atoms with E-state index in [0.717, 1.165) is 20.0 Å². The molecule has 186 valence electrons. The Kier molecular flexibility index (Phi) is 10.6. The molecule has 0 heterocycles. The number of halogens is 2. The number of carbonyl (C=O) groups is 1. The van der Waals surface area contributed by atoms with E-state index in [1.54, 1.807) is 36.4 Å². The molecule has 0 radical (unpaired) electrons. The molecule has 36 heavy (non-hydrogen) atoms. The highest BCUT2D eigenvalue weighted by Gasteiger charge is 2.14. The van der Waals surface area contributed by atoms with Crippen LogP contribution in [0.5, 0.6) is 17.2 Å². The van der Waals surface area contributed by atoms with Gasteiger partial charge in [-0.2, -0.15) is 5.26 Å². The Bertz CT molecular complexity index is 1250. The van der Waals surface area contributed by atoms with Crippen LogP contribution in [0.2, 0.25) is 0 Å². The molecular formula is C28H26BrIN2O4. The topological polar surface area (TPSA) is 80.6 Å². The van der Waals surface area contributed by atoms with Crippen LogP contribution in [-0.4, -0.2) is 19.1 Å². The molecule has 1 N–H and O–H groups in total. The Morgan fingerprint density at radius 3 is 2.42 bits per heavy atom. The molecule has 0 aliphatic heterocycles. The second-order valence-electron chi connectivity index (χ2n) is 7.67. The van der Waals surface area contributed by atoms with Crippen molar-refractivity contribution in [1.29, 1.82) is 5.26 Å². The number of nitriles is 1. The lowest BCUT2D eigenvalue weighted by Gasteiger charge is -2.14. The lowest BCUT2D eigenvalue weighted by atomic mass is 10.1. The van der Waals surface area contributed by atoms with Gasteiger partial charge in [0.15, 0.2) is 11.5 Å². The lowest BCUT2D eigenvalue weighted by Crippen LogP contribution is -2.13. The van der Waals surface area contributed by atoms with Crippen LogP contribution in [-0.2, 0) is 11.4 Å². The van der Waals surface area contributed by atoms with Crippen LogP contribution in [0.15, 0.2) is 70.7 Å². The van der Waals surface area contributed by atoms with Gasteiger partial charge in [0.25, 0.3) is 5.91 Å². The number of hydrogen-bond acceptors (Lipinski definition) is 5. The zero-order chi connectivity index (χ0) is 25.9. The molecule has 0 aromatic heterocycles. The summed E-state index contributed by atoms with van der Waals surface area (Å²) in [6, 6.07) is 20.5. The highest BCUT2D eigenvalue weighted by Crippen LogP contribution is 2.35. The molecule has 6 nitrogen and oxygen atoms in total. The number of carbonyl (C=O) groups excluding carboxylic acids is 1. The van der Waals surface area contributed by atoms with Crippen LogP contribution in [0.25, 0.3) is 6.08 Å². The molecule has 0 bridgehead atoms. The van der Waals surface area contributed by atoms with Crippen molar-refractivity contribution >= 4 is 56.2 Å². The highest BCUT2D eigenvalue weighted by molar-refractivity contribution is 14.1. The summed E-state index contributed by atoms with van der Waals surface area (Å²) in [6.45, 7) is 5.41. The molecule has 0 aliphatic rings. The Morgan fingerprint density at radius 1 is 1.06 bits per heavy atom. The van der Waals surface area contributed by atoms with Crippen LogP contribution in [0.4, 0.5) is 5.69 Å². The summed E-state index contributed by atoms with van der Waals surface area (Å²) in [5.41, 5.74) is 2.26. The van der Waals surface area contributed by atoms with E-state index >= 15 is 0 Å². The van der Waals surface area contributed by atoms with Gasteiger partial charge in [-0.3, -0.25) is 4.79 Å². The molecule has 3 aromatic carbocycles. The third-order valence-corrected chi connectivity index (χ3v) is 6.22. The molecule has 0 aliphatic carbocycles. The minimum atomic E-state index is -0.500. The first kappa shape index (κ1) is 27.6. The number of hydrogen-bond donors (Lipinski definition) is 1. The standard InChI is InChI=1S/C28H26BrIN2O4/c1-3-13-35-27-25(30)15-20(16-26(27)34-4-2)14-21(17-31)28(33)32-23-9-11-24(12-10-23)36-18-19-5-7-22(29)8-6-19/h5-12,14-16H,3-4,13,18H2,1-2H3,(H,32,33)/b21-14+. The molecular weight excluding hydrogens is 635 g/mol. The number of nitrogens with zero attached hydrogens (tertiary/aromatic N) is 1. The number of benzene rings is 3. The largest absolute Gasteiger partial charge is 0.490 e. The van der Waals surface area contributed by atoms with Gasteiger partial charge >= 0.3 is 0 Å². The first-order chi connectivity index (χ1) is 17.4. The van der Waals surface area contributed by atoms with E-state index in [0.29, 0.717) is 48.3 Å². The van der Waals surface area contributed by atoms with Gasteiger partial charge in [0, 0.05) is 10.2 Å². The molecule has 0 saturated heterocycles. The Morgan fingerprint density at radius 2 is 1.78 bits per heavy atom. The molecule has 3 aromatic rings. The molecule has 0 unspecified atom stereocenters. The van der Waals surface area contributed by atoms with Crippen molar-refractivity contribution in [2.45, 2.75) is 26.9 Å². The highest BCUT2D eigenvalue weighted by atomic mass is 127. The molecule has 0 spiro atoms. The van der Waals surface area contributed by atoms with Crippen LogP contribution in [0.1, 0.15) is 31.4 Å². The van der Waals surface area contributed by atoms with Crippen molar-refractivity contribution < 1.29 is 19.0 Å². The van der Waals surface area contributed by atoms with E-state index in [1.165, 1.54) is 0 Å². The summed E-state index contributed by atoms with van der Waals surface area (Å²) < 4.78 is 19.2. The third kappa shape index (κ3) is 8.00. The van der Waals surface area contributed by atoms with Crippen molar-refractivity contribution in [3.63, 3.8) is 0 Å². The molecule has 0 fully saturated rings. The molecule has 8 heteroatoms. The normalized spacial score (nSPS) is 10.9. The van der Waals surface area contributed by atoms with Crippen LogP contribution in [0.3, 0.4) is 0 Å². The van der Waals surface area contributed by atoms with Gasteiger partial charge in [-0.05, 0) is 102 Å². The average molecular weight is 661 g/mol. The number of amides is 1. The zero-order valence-corrected chi connectivity index (χ0v) is 23.8. The first-order valence-corrected chi connectivity index (χ1v) is 13.3. The second-order valence-corrected chi connectivity index (χ2v) is 9.75. The summed E-state index contributed by atoms with van der Waals surface area (Å²) >= 11 is 5.58. The Hall–Kier alpha value is -3.03. The molecule has 1 amide bonds. The summed E-state index contributed by atoms with van der Waals surface area (Å²) in [6.07, 6.45) is 2.42. The van der Waals surface area contributed by atoms with Crippen LogP contribution < -0.4 is 19.5 Å². The predicted molar refractivity (Wildman–Crippen MR) is 153 cm³/mol. The summed E-state index contributed by atoms with van der Waals surface area (Å²) in [5, 5.41) is 12.4. The Balaban J connectivity index is 1.69. The maximum absolute atomic E-state index is 12.8. The van der Waals surface area contributed by atoms with Crippen molar-refractivity contribution in [2.24, 2.45) is 0 Å². The minimum absolute atomic E-state index is 0.0222. The van der Waals surface area contributed by atoms with Gasteiger partial charge in [-0.1, -0.05) is 35.0 Å². The van der Waals surface area contributed by atoms with Gasteiger partial charge in [0.1, 0.15) is 24.0 Å². The fourth-order valence-electron chi connectivity index (χ4n) is 3.17. The summed E-state index contributed by atoms with van der Waals surface area (Å²) in [4.78, 5) is 12.8. The van der Waals surface area contributed by atoms with E-state index in [9.17, 15) is 10.1 Å². The first-order valence-electron chi connectivity index (χ1n) is 11.4. The van der Waals surface area contributed by atoms with Crippen molar-refractivity contribution in [3.05, 3.63) is 85.4 Å². The average Bonchev–Trinajstić information content (AvgIpc) is 2.87. The van der Waals surface area contributed by atoms with Crippen LogP contribution in [0, 0.1) is 14.9 Å². The van der Waals surface area contributed by atoms with Crippen LogP contribution >= 0.6 is 38.5 Å². The van der Waals surface area contributed by atoms with Crippen molar-refractivity contribution in [1.82, 2.24) is 0 Å². The van der Waals surface area contributed by atoms with Crippen molar-refractivity contribution in [2.75, 3.05) is 18.5 Å². The predicted octanol–water partition coefficient (Wildman–Crippen LogP) is 7.37. The third-order valence-electron chi connectivity index (χ3n) is 4.89. The monoisotopic (exact) mass is 660 g/mol. The zero-order valence-electron chi connectivity index (χ0n) is 20.0. The Labute approximate surface area is 233 Å². The molecule has 0 atom stereocenters. The van der Waals surface area contributed by atoms with Gasteiger partial charge in [-0.25, -0.2) is 0 Å². The summed E-state index contributed by atoms with van der Waals surface area (Å²) in [5.74, 6) is 1.43. The van der Waals surface area contributed by atoms with Gasteiger partial charge < -0.3 is 19.5 Å². The number of rotatable bonds is 11. The minimum Gasteiger partial charge on any atom is -0.490 e. The van der Waals surface area contributed by atoms with E-state index < -0.39 is 5.91 Å². The second kappa shape index (κ2) is 13.9. The fourth-order valence-corrected chi connectivity index (χ4v) is 4.22. The van der Waals surface area contributed by atoms with Crippen molar-refractivity contribution in [3.8, 4) is 23.3 Å². The van der Waals surface area contributed by atoms with Gasteiger partial charge in [0.05, 0.1) is 16.8 Å². The number of ether oxygens (including phenoxy) is 3. The van der Waals surface area contributed by atoms with E-state index in [4.69, 9.17) is 14.2 Å². The van der Waals surface area contributed by atoms with E-state index in [1.807, 2.05) is 50.2 Å². The maximum Gasteiger partial charge on any atom is 0.266 e. The number of anilines is 1.